The third-order valence-corrected chi connectivity index (χ3v) is 7.19. The number of aromatic nitrogens is 3. The molecule has 1 aliphatic heterocycles. The van der Waals surface area contributed by atoms with Crippen LogP contribution in [0.4, 0.5) is 15.0 Å². The van der Waals surface area contributed by atoms with Gasteiger partial charge in [-0.1, -0.05) is 19.1 Å². The number of aliphatic hydroxyl groups excluding tert-OH is 2. The lowest BCUT2D eigenvalue weighted by atomic mass is 9.84. The van der Waals surface area contributed by atoms with Crippen LogP contribution in [0.15, 0.2) is 42.6 Å². The first-order valence-corrected chi connectivity index (χ1v) is 12.8. The van der Waals surface area contributed by atoms with Gasteiger partial charge in [-0.2, -0.15) is 0 Å². The van der Waals surface area contributed by atoms with Gasteiger partial charge in [-0.3, -0.25) is 9.80 Å². The van der Waals surface area contributed by atoms with Crippen LogP contribution in [0.1, 0.15) is 50.6 Å². The predicted molar refractivity (Wildman–Crippen MR) is 136 cm³/mol. The summed E-state index contributed by atoms with van der Waals surface area (Å²) >= 11 is 0. The molecule has 9 nitrogen and oxygen atoms in total. The van der Waals surface area contributed by atoms with Crippen LogP contribution in [0.5, 0.6) is 5.88 Å². The van der Waals surface area contributed by atoms with E-state index in [0.29, 0.717) is 54.2 Å². The van der Waals surface area contributed by atoms with Crippen molar-refractivity contribution in [3.8, 4) is 17.3 Å². The Morgan fingerprint density at radius 3 is 2.54 bits per heavy atom. The maximum atomic E-state index is 13.6. The average Bonchev–Trinajstić information content (AvgIpc) is 3.27. The minimum atomic E-state index is -1.26. The number of fused-ring (bicyclic) bond motifs is 1. The number of aliphatic hydroxyl groups is 2. The smallest absolute Gasteiger partial charge is 0.328 e. The van der Waals surface area contributed by atoms with Gasteiger partial charge in [0.15, 0.2) is 12.0 Å². The number of hydrogen-bond acceptors (Lipinski definition) is 6. The molecule has 1 saturated carbocycles. The molecule has 1 aliphatic carbocycles. The second kappa shape index (κ2) is 10.5. The summed E-state index contributed by atoms with van der Waals surface area (Å²) in [6.07, 6.45) is 3.11. The number of carbonyl (C=O) groups excluding carboxylic acids is 1. The first-order valence-electron chi connectivity index (χ1n) is 12.8. The second-order valence-electron chi connectivity index (χ2n) is 9.62. The van der Waals surface area contributed by atoms with E-state index in [0.717, 1.165) is 18.4 Å². The molecule has 1 aromatic carbocycles. The Morgan fingerprint density at radius 2 is 1.95 bits per heavy atom. The third-order valence-electron chi connectivity index (χ3n) is 7.19. The van der Waals surface area contributed by atoms with E-state index >= 15 is 0 Å². The summed E-state index contributed by atoms with van der Waals surface area (Å²) in [6.45, 7) is 4.75. The van der Waals surface area contributed by atoms with Crippen molar-refractivity contribution in [1.29, 1.82) is 0 Å². The summed E-state index contributed by atoms with van der Waals surface area (Å²) < 4.78 is 21.4. The molecule has 196 valence electrons. The van der Waals surface area contributed by atoms with E-state index in [-0.39, 0.29) is 31.1 Å². The predicted octanol–water partition coefficient (Wildman–Crippen LogP) is 3.95. The van der Waals surface area contributed by atoms with Crippen molar-refractivity contribution in [2.75, 3.05) is 24.6 Å². The van der Waals surface area contributed by atoms with E-state index in [4.69, 9.17) is 9.72 Å². The van der Waals surface area contributed by atoms with E-state index in [1.165, 1.54) is 21.9 Å². The lowest BCUT2D eigenvalue weighted by Gasteiger charge is -2.38. The topological polar surface area (TPSA) is 104 Å². The number of imidazole rings is 1. The van der Waals surface area contributed by atoms with Crippen LogP contribution in [0.3, 0.4) is 0 Å². The number of halogens is 1. The Labute approximate surface area is 215 Å². The Bertz CT molecular complexity index is 1250. The highest BCUT2D eigenvalue weighted by molar-refractivity contribution is 5.94. The Morgan fingerprint density at radius 1 is 1.16 bits per heavy atom. The molecule has 5 rings (SSSR count). The Balaban J connectivity index is 1.57. The van der Waals surface area contributed by atoms with Crippen molar-refractivity contribution in [1.82, 2.24) is 19.4 Å². The van der Waals surface area contributed by atoms with Gasteiger partial charge in [0.1, 0.15) is 23.4 Å². The molecule has 2 N–H and O–H groups in total. The number of amides is 2. The van der Waals surface area contributed by atoms with Crippen LogP contribution >= 0.6 is 0 Å². The van der Waals surface area contributed by atoms with Crippen molar-refractivity contribution < 1.29 is 24.1 Å². The fourth-order valence-corrected chi connectivity index (χ4v) is 4.85. The van der Waals surface area contributed by atoms with Gasteiger partial charge in [0, 0.05) is 44.1 Å². The van der Waals surface area contributed by atoms with Crippen LogP contribution in [0.25, 0.3) is 11.4 Å². The zero-order chi connectivity index (χ0) is 26.1. The SMILES string of the molecule is CCN1C(=O)N(CCCO)C(O)c2c1nc(-c1ccc(OC3CCC3C)nc1)n2Cc1ccc(F)cc1. The van der Waals surface area contributed by atoms with Gasteiger partial charge >= 0.3 is 6.03 Å². The number of carbonyl (C=O) groups is 1. The number of nitrogens with zero attached hydrogens (tertiary/aromatic N) is 5. The van der Waals surface area contributed by atoms with Crippen molar-refractivity contribution in [3.63, 3.8) is 0 Å². The number of urea groups is 1. The minimum absolute atomic E-state index is 0.102. The van der Waals surface area contributed by atoms with Crippen LogP contribution in [-0.4, -0.2) is 61.5 Å². The molecule has 2 amide bonds. The molecule has 2 aliphatic rings. The number of hydrogen-bond donors (Lipinski definition) is 2. The zero-order valence-electron chi connectivity index (χ0n) is 21.0. The number of pyridine rings is 1. The second-order valence-corrected chi connectivity index (χ2v) is 9.62. The van der Waals surface area contributed by atoms with Crippen LogP contribution in [0.2, 0.25) is 0 Å². The molecule has 2 aromatic heterocycles. The largest absolute Gasteiger partial charge is 0.474 e. The molecular weight excluding hydrogens is 477 g/mol. The van der Waals surface area contributed by atoms with E-state index in [2.05, 4.69) is 11.9 Å². The molecule has 1 fully saturated rings. The van der Waals surface area contributed by atoms with Gasteiger partial charge in [0.2, 0.25) is 5.88 Å². The molecular formula is C27H32FN5O4. The highest BCUT2D eigenvalue weighted by Gasteiger charge is 2.41. The van der Waals surface area contributed by atoms with Gasteiger partial charge in [-0.05, 0) is 55.9 Å². The molecule has 3 heterocycles. The summed E-state index contributed by atoms with van der Waals surface area (Å²) in [5.74, 6) is 1.62. The number of benzene rings is 1. The lowest BCUT2D eigenvalue weighted by Crippen LogP contribution is -2.50. The summed E-state index contributed by atoms with van der Waals surface area (Å²) in [5, 5.41) is 20.7. The summed E-state index contributed by atoms with van der Waals surface area (Å²) in [6, 6.07) is 9.45. The van der Waals surface area contributed by atoms with Crippen molar-refractivity contribution in [2.45, 2.75) is 52.0 Å². The van der Waals surface area contributed by atoms with Gasteiger partial charge < -0.3 is 19.5 Å². The molecule has 0 saturated heterocycles. The van der Waals surface area contributed by atoms with Gasteiger partial charge in [0.05, 0.1) is 0 Å². The van der Waals surface area contributed by atoms with Gasteiger partial charge in [-0.15, -0.1) is 0 Å². The highest BCUT2D eigenvalue weighted by atomic mass is 19.1. The monoisotopic (exact) mass is 509 g/mol. The zero-order valence-corrected chi connectivity index (χ0v) is 21.0. The highest BCUT2D eigenvalue weighted by Crippen LogP contribution is 2.39. The Hall–Kier alpha value is -3.50. The summed E-state index contributed by atoms with van der Waals surface area (Å²) in [7, 11) is 0. The maximum Gasteiger partial charge on any atom is 0.328 e. The van der Waals surface area contributed by atoms with Gasteiger partial charge in [-0.25, -0.2) is 19.2 Å². The molecule has 0 spiro atoms. The molecule has 3 atom stereocenters. The first-order chi connectivity index (χ1) is 17.9. The van der Waals surface area contributed by atoms with Crippen molar-refractivity contribution in [2.24, 2.45) is 5.92 Å². The fourth-order valence-electron chi connectivity index (χ4n) is 4.85. The van der Waals surface area contributed by atoms with Crippen LogP contribution < -0.4 is 9.64 Å². The standard InChI is InChI=1S/C27H32FN5O4/c1-3-31-25-23(26(35)32(27(31)36)13-4-14-34)33(16-18-6-9-20(28)10-7-18)24(30-25)19-8-12-22(29-15-19)37-21-11-5-17(21)2/h6-10,12,15,17,21,26,34-35H,3-5,11,13-14,16H2,1-2H3. The number of rotatable bonds is 9. The number of ether oxygens (including phenoxy) is 1. The Kier molecular flexibility index (Phi) is 7.12. The van der Waals surface area contributed by atoms with E-state index in [1.807, 2.05) is 23.6 Å². The van der Waals surface area contributed by atoms with Crippen LogP contribution in [-0.2, 0) is 6.54 Å². The normalized spacial score (nSPS) is 21.1. The average molecular weight is 510 g/mol. The molecule has 0 radical (unpaired) electrons. The lowest BCUT2D eigenvalue weighted by molar-refractivity contribution is 0.0188. The molecule has 37 heavy (non-hydrogen) atoms. The van der Waals surface area contributed by atoms with Gasteiger partial charge in [0.25, 0.3) is 0 Å². The molecule has 3 aromatic rings. The quantitative estimate of drug-likeness (QED) is 0.453. The summed E-state index contributed by atoms with van der Waals surface area (Å²) in [5.41, 5.74) is 1.97. The number of anilines is 1. The molecule has 10 heteroatoms. The van der Waals surface area contributed by atoms with Crippen molar-refractivity contribution in [3.05, 3.63) is 59.7 Å². The maximum absolute atomic E-state index is 13.6. The first kappa shape index (κ1) is 25.2. The van der Waals surface area contributed by atoms with Crippen molar-refractivity contribution >= 4 is 11.8 Å². The van der Waals surface area contributed by atoms with E-state index < -0.39 is 6.23 Å². The van der Waals surface area contributed by atoms with E-state index in [1.54, 1.807) is 18.3 Å². The van der Waals surface area contributed by atoms with Crippen LogP contribution in [0, 0.1) is 11.7 Å². The summed E-state index contributed by atoms with van der Waals surface area (Å²) in [4.78, 5) is 25.4. The fraction of sp³-hybridized carbons (Fsp3) is 0.444. The third kappa shape index (κ3) is 4.78. The molecule has 3 unspecified atom stereocenters. The van der Waals surface area contributed by atoms with E-state index in [9.17, 15) is 19.4 Å². The minimum Gasteiger partial charge on any atom is -0.474 e. The molecule has 0 bridgehead atoms.